The molecule has 1 fully saturated rings. The van der Waals surface area contributed by atoms with Gasteiger partial charge >= 0.3 is 0 Å². The third-order valence-corrected chi connectivity index (χ3v) is 4.14. The summed E-state index contributed by atoms with van der Waals surface area (Å²) in [5, 5.41) is 9.43. The number of hydrogen-bond donors (Lipinski definition) is 1. The summed E-state index contributed by atoms with van der Waals surface area (Å²) in [4.78, 5) is 0. The minimum atomic E-state index is -0.00999. The first-order valence-electron chi connectivity index (χ1n) is 5.57. The molecule has 1 unspecified atom stereocenters. The third kappa shape index (κ3) is 1.43. The Hall–Kier alpha value is -0.300. The van der Waals surface area contributed by atoms with Crippen molar-refractivity contribution in [1.29, 1.82) is 0 Å². The van der Waals surface area contributed by atoms with Gasteiger partial charge < -0.3 is 5.11 Å². The second-order valence-electron chi connectivity index (χ2n) is 4.73. The largest absolute Gasteiger partial charge is 0.393 e. The van der Waals surface area contributed by atoms with Crippen molar-refractivity contribution >= 4 is 0 Å². The Balaban J connectivity index is 1.95. The standard InChI is InChI=1S/C12H20O/c1-3-12(8-9(12)2)10-4-6-11(13)7-5-10/h8,10-11,13H,3-7H2,1-2H3. The Morgan fingerprint density at radius 2 is 1.92 bits per heavy atom. The molecule has 0 aromatic rings. The molecule has 0 amide bonds. The molecule has 0 radical (unpaired) electrons. The highest BCUT2D eigenvalue weighted by atomic mass is 16.3. The minimum absolute atomic E-state index is 0.00999. The summed E-state index contributed by atoms with van der Waals surface area (Å²) < 4.78 is 0. The van der Waals surface area contributed by atoms with Gasteiger partial charge in [0.2, 0.25) is 0 Å². The van der Waals surface area contributed by atoms with Gasteiger partial charge in [-0.1, -0.05) is 18.6 Å². The predicted octanol–water partition coefficient (Wildman–Crippen LogP) is 2.89. The van der Waals surface area contributed by atoms with Gasteiger partial charge in [0, 0.05) is 5.41 Å². The molecule has 1 atom stereocenters. The van der Waals surface area contributed by atoms with Gasteiger partial charge in [-0.05, 0) is 44.9 Å². The average Bonchev–Trinajstić information content (AvgIpc) is 2.79. The number of rotatable bonds is 2. The highest BCUT2D eigenvalue weighted by Crippen LogP contribution is 2.56. The topological polar surface area (TPSA) is 20.2 Å². The summed E-state index contributed by atoms with van der Waals surface area (Å²) in [6, 6.07) is 0. The van der Waals surface area contributed by atoms with E-state index in [-0.39, 0.29) is 6.10 Å². The zero-order valence-electron chi connectivity index (χ0n) is 8.71. The molecule has 1 N–H and O–H groups in total. The van der Waals surface area contributed by atoms with Gasteiger partial charge in [0.15, 0.2) is 0 Å². The first-order chi connectivity index (χ1) is 6.19. The fourth-order valence-corrected chi connectivity index (χ4v) is 3.05. The molecule has 2 aliphatic carbocycles. The van der Waals surface area contributed by atoms with Crippen LogP contribution >= 0.6 is 0 Å². The molecule has 2 aliphatic rings. The van der Waals surface area contributed by atoms with E-state index in [1.165, 1.54) is 19.3 Å². The van der Waals surface area contributed by atoms with E-state index in [1.807, 2.05) is 0 Å². The first kappa shape index (κ1) is 9.26. The van der Waals surface area contributed by atoms with Crippen LogP contribution in [0.5, 0.6) is 0 Å². The van der Waals surface area contributed by atoms with Crippen LogP contribution in [-0.4, -0.2) is 11.2 Å². The minimum Gasteiger partial charge on any atom is -0.393 e. The quantitative estimate of drug-likeness (QED) is 0.648. The molecular weight excluding hydrogens is 160 g/mol. The van der Waals surface area contributed by atoms with Crippen LogP contribution in [0.2, 0.25) is 0 Å². The highest BCUT2D eigenvalue weighted by Gasteiger charge is 2.46. The van der Waals surface area contributed by atoms with Crippen molar-refractivity contribution in [2.45, 2.75) is 52.1 Å². The van der Waals surface area contributed by atoms with Crippen molar-refractivity contribution in [3.05, 3.63) is 11.6 Å². The molecule has 0 spiro atoms. The maximum Gasteiger partial charge on any atom is 0.0540 e. The van der Waals surface area contributed by atoms with Crippen LogP contribution in [0, 0.1) is 11.3 Å². The van der Waals surface area contributed by atoms with Crippen LogP contribution in [-0.2, 0) is 0 Å². The Labute approximate surface area is 80.8 Å². The SMILES string of the molecule is CCC1(C2CCC(O)CC2)C=C1C. The van der Waals surface area contributed by atoms with Crippen LogP contribution < -0.4 is 0 Å². The number of aliphatic hydroxyl groups excluding tert-OH is 1. The summed E-state index contributed by atoms with van der Waals surface area (Å²) in [6.07, 6.45) is 8.19. The van der Waals surface area contributed by atoms with Gasteiger partial charge in [-0.3, -0.25) is 0 Å². The normalized spacial score (nSPS) is 44.4. The van der Waals surface area contributed by atoms with Gasteiger partial charge in [0.1, 0.15) is 0 Å². The molecule has 0 saturated heterocycles. The van der Waals surface area contributed by atoms with Gasteiger partial charge in [-0.15, -0.1) is 0 Å². The molecule has 0 bridgehead atoms. The van der Waals surface area contributed by atoms with Crippen LogP contribution in [0.25, 0.3) is 0 Å². The van der Waals surface area contributed by atoms with E-state index in [2.05, 4.69) is 19.9 Å². The molecule has 0 aliphatic heterocycles. The van der Waals surface area contributed by atoms with E-state index in [4.69, 9.17) is 0 Å². The summed E-state index contributed by atoms with van der Waals surface area (Å²) in [7, 11) is 0. The maximum absolute atomic E-state index is 9.43. The molecule has 0 aromatic heterocycles. The van der Waals surface area contributed by atoms with Crippen molar-refractivity contribution in [2.24, 2.45) is 11.3 Å². The summed E-state index contributed by atoms with van der Waals surface area (Å²) in [5.41, 5.74) is 2.08. The zero-order valence-corrected chi connectivity index (χ0v) is 8.71. The molecule has 1 saturated carbocycles. The Morgan fingerprint density at radius 1 is 1.38 bits per heavy atom. The predicted molar refractivity (Wildman–Crippen MR) is 54.4 cm³/mol. The smallest absolute Gasteiger partial charge is 0.0540 e. The lowest BCUT2D eigenvalue weighted by Crippen LogP contribution is -2.26. The zero-order chi connectivity index (χ0) is 9.47. The van der Waals surface area contributed by atoms with Crippen molar-refractivity contribution in [3.8, 4) is 0 Å². The second kappa shape index (κ2) is 3.13. The molecule has 13 heavy (non-hydrogen) atoms. The van der Waals surface area contributed by atoms with E-state index in [0.717, 1.165) is 18.8 Å². The third-order valence-electron chi connectivity index (χ3n) is 4.14. The van der Waals surface area contributed by atoms with E-state index in [0.29, 0.717) is 5.41 Å². The fourth-order valence-electron chi connectivity index (χ4n) is 3.05. The van der Waals surface area contributed by atoms with Crippen molar-refractivity contribution in [2.75, 3.05) is 0 Å². The molecule has 1 nitrogen and oxygen atoms in total. The maximum atomic E-state index is 9.43. The molecular formula is C12H20O. The summed E-state index contributed by atoms with van der Waals surface area (Å²) >= 11 is 0. The lowest BCUT2D eigenvalue weighted by atomic mass is 9.73. The molecule has 2 rings (SSSR count). The number of hydrogen-bond acceptors (Lipinski definition) is 1. The lowest BCUT2D eigenvalue weighted by molar-refractivity contribution is 0.0884. The van der Waals surface area contributed by atoms with E-state index >= 15 is 0 Å². The van der Waals surface area contributed by atoms with E-state index in [1.54, 1.807) is 5.57 Å². The first-order valence-corrected chi connectivity index (χ1v) is 5.57. The molecule has 74 valence electrons. The fraction of sp³-hybridized carbons (Fsp3) is 0.833. The lowest BCUT2D eigenvalue weighted by Gasteiger charge is -2.33. The van der Waals surface area contributed by atoms with E-state index < -0.39 is 0 Å². The van der Waals surface area contributed by atoms with Gasteiger partial charge in [0.25, 0.3) is 0 Å². The Kier molecular flexibility index (Phi) is 2.23. The number of aliphatic hydroxyl groups is 1. The van der Waals surface area contributed by atoms with Crippen LogP contribution in [0.4, 0.5) is 0 Å². The van der Waals surface area contributed by atoms with Crippen LogP contribution in [0.15, 0.2) is 11.6 Å². The molecule has 0 aromatic carbocycles. The Morgan fingerprint density at radius 3 is 2.31 bits per heavy atom. The average molecular weight is 180 g/mol. The second-order valence-corrected chi connectivity index (χ2v) is 4.73. The van der Waals surface area contributed by atoms with Crippen LogP contribution in [0.3, 0.4) is 0 Å². The van der Waals surface area contributed by atoms with E-state index in [9.17, 15) is 5.11 Å². The van der Waals surface area contributed by atoms with Crippen LogP contribution in [0.1, 0.15) is 46.0 Å². The summed E-state index contributed by atoms with van der Waals surface area (Å²) in [5.74, 6) is 0.834. The summed E-state index contributed by atoms with van der Waals surface area (Å²) in [6.45, 7) is 4.55. The van der Waals surface area contributed by atoms with Crippen molar-refractivity contribution in [1.82, 2.24) is 0 Å². The number of allylic oxidation sites excluding steroid dienone is 2. The van der Waals surface area contributed by atoms with Crippen molar-refractivity contribution in [3.63, 3.8) is 0 Å². The Bertz CT molecular complexity index is 223. The molecule has 1 heteroatoms. The highest BCUT2D eigenvalue weighted by molar-refractivity contribution is 5.38. The van der Waals surface area contributed by atoms with Gasteiger partial charge in [-0.2, -0.15) is 0 Å². The van der Waals surface area contributed by atoms with Crippen molar-refractivity contribution < 1.29 is 5.11 Å². The van der Waals surface area contributed by atoms with Gasteiger partial charge in [-0.25, -0.2) is 0 Å². The monoisotopic (exact) mass is 180 g/mol. The molecule has 0 heterocycles. The van der Waals surface area contributed by atoms with Gasteiger partial charge in [0.05, 0.1) is 6.10 Å².